The molecular formula is C17H20O5. The second kappa shape index (κ2) is 4.74. The van der Waals surface area contributed by atoms with Crippen molar-refractivity contribution >= 4 is 5.78 Å². The van der Waals surface area contributed by atoms with Crippen LogP contribution >= 0.6 is 0 Å². The van der Waals surface area contributed by atoms with E-state index in [1.54, 1.807) is 19.9 Å². The number of ether oxygens (including phenoxy) is 1. The first-order valence-corrected chi connectivity index (χ1v) is 7.40. The van der Waals surface area contributed by atoms with Gasteiger partial charge in [0.1, 0.15) is 16.9 Å². The van der Waals surface area contributed by atoms with E-state index in [1.807, 2.05) is 13.0 Å². The maximum absolute atomic E-state index is 12.4. The molecule has 0 unspecified atom stereocenters. The highest BCUT2D eigenvalue weighted by Crippen LogP contribution is 2.53. The SMILES string of the molecule is C[C@@H]1C=C[C@H](CO)c2c(O)c3c(c(O)c21)C(=O)CC(C)(C)O3. The van der Waals surface area contributed by atoms with E-state index in [-0.39, 0.29) is 47.5 Å². The number of phenols is 2. The molecule has 2 atom stereocenters. The molecule has 2 aliphatic rings. The predicted molar refractivity (Wildman–Crippen MR) is 80.8 cm³/mol. The van der Waals surface area contributed by atoms with Crippen molar-refractivity contribution in [1.82, 2.24) is 0 Å². The van der Waals surface area contributed by atoms with Crippen molar-refractivity contribution < 1.29 is 24.9 Å². The van der Waals surface area contributed by atoms with Gasteiger partial charge in [-0.3, -0.25) is 4.79 Å². The molecule has 1 aliphatic heterocycles. The second-order valence-corrected chi connectivity index (χ2v) is 6.65. The number of carbonyl (C=O) groups excluding carboxylic acids is 1. The van der Waals surface area contributed by atoms with Crippen molar-refractivity contribution in [3.05, 3.63) is 28.8 Å². The van der Waals surface area contributed by atoms with Crippen molar-refractivity contribution in [2.45, 2.75) is 44.6 Å². The third-order valence-electron chi connectivity index (χ3n) is 4.38. The molecule has 5 nitrogen and oxygen atoms in total. The Bertz CT molecular complexity index is 687. The van der Waals surface area contributed by atoms with Crippen LogP contribution in [0.2, 0.25) is 0 Å². The van der Waals surface area contributed by atoms with Gasteiger partial charge in [-0.05, 0) is 13.8 Å². The summed E-state index contributed by atoms with van der Waals surface area (Å²) in [7, 11) is 0. The quantitative estimate of drug-likeness (QED) is 0.548. The summed E-state index contributed by atoms with van der Waals surface area (Å²) in [6.07, 6.45) is 3.79. The lowest BCUT2D eigenvalue weighted by Gasteiger charge is -2.35. The second-order valence-electron chi connectivity index (χ2n) is 6.65. The summed E-state index contributed by atoms with van der Waals surface area (Å²) in [5.74, 6) is -1.09. The molecule has 0 aromatic heterocycles. The van der Waals surface area contributed by atoms with Gasteiger partial charge in [0.2, 0.25) is 0 Å². The highest BCUT2D eigenvalue weighted by atomic mass is 16.5. The van der Waals surface area contributed by atoms with Gasteiger partial charge in [-0.2, -0.15) is 0 Å². The monoisotopic (exact) mass is 304 g/mol. The van der Waals surface area contributed by atoms with Crippen molar-refractivity contribution in [2.24, 2.45) is 0 Å². The van der Waals surface area contributed by atoms with Crippen molar-refractivity contribution in [3.8, 4) is 17.2 Å². The largest absolute Gasteiger partial charge is 0.507 e. The van der Waals surface area contributed by atoms with Crippen LogP contribution in [0.3, 0.4) is 0 Å². The number of allylic oxidation sites excluding steroid dienone is 1. The molecule has 0 saturated heterocycles. The van der Waals surface area contributed by atoms with Crippen LogP contribution in [-0.2, 0) is 0 Å². The molecule has 22 heavy (non-hydrogen) atoms. The van der Waals surface area contributed by atoms with Crippen LogP contribution in [0.4, 0.5) is 0 Å². The first kappa shape index (κ1) is 14.9. The van der Waals surface area contributed by atoms with Crippen LogP contribution in [0.25, 0.3) is 0 Å². The smallest absolute Gasteiger partial charge is 0.176 e. The Morgan fingerprint density at radius 1 is 1.23 bits per heavy atom. The normalized spacial score (nSPS) is 25.4. The number of aromatic hydroxyl groups is 2. The van der Waals surface area contributed by atoms with E-state index in [2.05, 4.69) is 0 Å². The fourth-order valence-electron chi connectivity index (χ4n) is 3.37. The van der Waals surface area contributed by atoms with E-state index in [0.29, 0.717) is 11.1 Å². The molecule has 1 aromatic rings. The van der Waals surface area contributed by atoms with Gasteiger partial charge in [-0.1, -0.05) is 19.1 Å². The Morgan fingerprint density at radius 3 is 2.55 bits per heavy atom. The number of benzene rings is 1. The average Bonchev–Trinajstić information content (AvgIpc) is 2.42. The van der Waals surface area contributed by atoms with E-state index in [9.17, 15) is 20.1 Å². The number of aliphatic hydroxyl groups excluding tert-OH is 1. The Hall–Kier alpha value is -2.01. The zero-order valence-corrected chi connectivity index (χ0v) is 12.9. The Morgan fingerprint density at radius 2 is 1.91 bits per heavy atom. The fourth-order valence-corrected chi connectivity index (χ4v) is 3.37. The van der Waals surface area contributed by atoms with Gasteiger partial charge in [-0.15, -0.1) is 0 Å². The molecule has 1 aromatic carbocycles. The molecule has 0 saturated carbocycles. The van der Waals surface area contributed by atoms with Gasteiger partial charge >= 0.3 is 0 Å². The topological polar surface area (TPSA) is 87.0 Å². The predicted octanol–water partition coefficient (Wildman–Crippen LogP) is 2.59. The molecular weight excluding hydrogens is 284 g/mol. The molecule has 0 bridgehead atoms. The van der Waals surface area contributed by atoms with Gasteiger partial charge in [0.25, 0.3) is 0 Å². The molecule has 1 heterocycles. The van der Waals surface area contributed by atoms with Crippen LogP contribution in [-0.4, -0.2) is 33.3 Å². The summed E-state index contributed by atoms with van der Waals surface area (Å²) in [4.78, 5) is 12.4. The highest BCUT2D eigenvalue weighted by molar-refractivity contribution is 6.04. The first-order valence-electron chi connectivity index (χ1n) is 7.40. The lowest BCUT2D eigenvalue weighted by atomic mass is 9.78. The lowest BCUT2D eigenvalue weighted by molar-refractivity contribution is 0.0593. The summed E-state index contributed by atoms with van der Waals surface area (Å²) >= 11 is 0. The first-order chi connectivity index (χ1) is 10.3. The molecule has 0 radical (unpaired) electrons. The molecule has 1 aliphatic carbocycles. The lowest BCUT2D eigenvalue weighted by Crippen LogP contribution is -2.36. The van der Waals surface area contributed by atoms with E-state index in [1.165, 1.54) is 0 Å². The van der Waals surface area contributed by atoms with Crippen LogP contribution in [0.15, 0.2) is 12.2 Å². The highest BCUT2D eigenvalue weighted by Gasteiger charge is 2.41. The number of fused-ring (bicyclic) bond motifs is 2. The Labute approximate surface area is 128 Å². The fraction of sp³-hybridized carbons (Fsp3) is 0.471. The van der Waals surface area contributed by atoms with Crippen LogP contribution in [0.5, 0.6) is 17.2 Å². The Balaban J connectivity index is 2.33. The van der Waals surface area contributed by atoms with E-state index >= 15 is 0 Å². The number of Topliss-reactive ketones (excluding diaryl/α,β-unsaturated/α-hetero) is 1. The number of hydrogen-bond acceptors (Lipinski definition) is 5. The van der Waals surface area contributed by atoms with Crippen molar-refractivity contribution in [3.63, 3.8) is 0 Å². The molecule has 0 spiro atoms. The minimum atomic E-state index is -0.743. The van der Waals surface area contributed by atoms with Crippen LogP contribution in [0.1, 0.15) is 60.5 Å². The minimum Gasteiger partial charge on any atom is -0.507 e. The van der Waals surface area contributed by atoms with Crippen molar-refractivity contribution in [1.29, 1.82) is 0 Å². The molecule has 3 N–H and O–H groups in total. The van der Waals surface area contributed by atoms with Gasteiger partial charge in [-0.25, -0.2) is 0 Å². The van der Waals surface area contributed by atoms with Crippen LogP contribution < -0.4 is 4.74 Å². The maximum Gasteiger partial charge on any atom is 0.176 e. The van der Waals surface area contributed by atoms with E-state index in [4.69, 9.17) is 4.74 Å². The van der Waals surface area contributed by atoms with Gasteiger partial charge < -0.3 is 20.1 Å². The third kappa shape index (κ3) is 2.00. The summed E-state index contributed by atoms with van der Waals surface area (Å²) in [5.41, 5.74) is 0.246. The van der Waals surface area contributed by atoms with Gasteiger partial charge in [0.05, 0.1) is 13.0 Å². The molecule has 3 rings (SSSR count). The van der Waals surface area contributed by atoms with Crippen molar-refractivity contribution in [2.75, 3.05) is 6.61 Å². The summed E-state index contributed by atoms with van der Waals surface area (Å²) in [6, 6.07) is 0. The average molecular weight is 304 g/mol. The number of hydrogen-bond donors (Lipinski definition) is 3. The zero-order chi connectivity index (χ0) is 16.2. The number of carbonyl (C=O) groups is 1. The third-order valence-corrected chi connectivity index (χ3v) is 4.38. The summed E-state index contributed by atoms with van der Waals surface area (Å²) in [5, 5.41) is 30.8. The minimum absolute atomic E-state index is 0.0263. The van der Waals surface area contributed by atoms with Gasteiger partial charge in [0.15, 0.2) is 17.3 Å². The number of phenolic OH excluding ortho intramolecular Hbond substituents is 2. The molecule has 118 valence electrons. The van der Waals surface area contributed by atoms with Crippen LogP contribution in [0, 0.1) is 0 Å². The Kier molecular flexibility index (Phi) is 3.22. The zero-order valence-electron chi connectivity index (χ0n) is 12.9. The summed E-state index contributed by atoms with van der Waals surface area (Å²) in [6.45, 7) is 5.19. The standard InChI is InChI=1S/C17H20O5/c1-8-4-5-9(7-18)12-11(8)14(20)13-10(19)6-17(2,3)22-16(13)15(12)21/h4-5,8-9,18,20-21H,6-7H2,1-3H3/t8-,9-/m1/s1. The molecule has 0 fully saturated rings. The van der Waals surface area contributed by atoms with Gasteiger partial charge in [0, 0.05) is 23.0 Å². The summed E-state index contributed by atoms with van der Waals surface area (Å²) < 4.78 is 5.76. The van der Waals surface area contributed by atoms with E-state index in [0.717, 1.165) is 0 Å². The van der Waals surface area contributed by atoms with E-state index < -0.39 is 11.5 Å². The maximum atomic E-state index is 12.4. The molecule has 0 amide bonds. The number of ketones is 1. The number of aliphatic hydroxyl groups is 1. The molecule has 5 heteroatoms. The number of rotatable bonds is 1.